The fourth-order valence-corrected chi connectivity index (χ4v) is 4.20. The molecule has 0 fully saturated rings. The summed E-state index contributed by atoms with van der Waals surface area (Å²) in [6.07, 6.45) is 10.7. The SMILES string of the molecule is CCCCC(CC)CN(CC(CC)CCCC)C(C)n1nnc2ccccc21. The molecular weight excluding hydrogens is 344 g/mol. The van der Waals surface area contributed by atoms with E-state index in [0.29, 0.717) is 0 Å². The molecule has 4 heteroatoms. The van der Waals surface area contributed by atoms with Gasteiger partial charge in [-0.05, 0) is 43.7 Å². The molecule has 1 aromatic heterocycles. The van der Waals surface area contributed by atoms with E-state index >= 15 is 0 Å². The molecule has 0 radical (unpaired) electrons. The highest BCUT2D eigenvalue weighted by Gasteiger charge is 2.24. The van der Waals surface area contributed by atoms with Gasteiger partial charge in [-0.25, -0.2) is 4.68 Å². The molecule has 158 valence electrons. The van der Waals surface area contributed by atoms with E-state index in [0.717, 1.165) is 36.0 Å². The second-order valence-electron chi connectivity index (χ2n) is 8.44. The van der Waals surface area contributed by atoms with Crippen LogP contribution >= 0.6 is 0 Å². The van der Waals surface area contributed by atoms with Crippen LogP contribution in [0.2, 0.25) is 0 Å². The van der Waals surface area contributed by atoms with Crippen LogP contribution < -0.4 is 0 Å². The number of rotatable bonds is 14. The molecule has 28 heavy (non-hydrogen) atoms. The lowest BCUT2D eigenvalue weighted by molar-refractivity contribution is 0.0927. The standard InChI is InChI=1S/C24H42N4/c1-6-10-14-21(8-3)18-27(19-22(9-4)15-11-7-2)20(5)28-24-17-13-12-16-23(24)25-26-28/h12-13,16-17,20-22H,6-11,14-15,18-19H2,1-5H3. The topological polar surface area (TPSA) is 34.0 Å². The first-order chi connectivity index (χ1) is 13.6. The van der Waals surface area contributed by atoms with Gasteiger partial charge >= 0.3 is 0 Å². The van der Waals surface area contributed by atoms with Crippen molar-refractivity contribution < 1.29 is 0 Å². The van der Waals surface area contributed by atoms with Crippen molar-refractivity contribution in [2.45, 2.75) is 92.2 Å². The van der Waals surface area contributed by atoms with Crippen LogP contribution in [0.1, 0.15) is 92.2 Å². The summed E-state index contributed by atoms with van der Waals surface area (Å²) in [5, 5.41) is 8.94. The maximum Gasteiger partial charge on any atom is 0.113 e. The second kappa shape index (κ2) is 12.2. The van der Waals surface area contributed by atoms with Crippen LogP contribution in [0.3, 0.4) is 0 Å². The highest BCUT2D eigenvalue weighted by atomic mass is 15.5. The van der Waals surface area contributed by atoms with Gasteiger partial charge in [-0.2, -0.15) is 0 Å². The lowest BCUT2D eigenvalue weighted by Gasteiger charge is -2.35. The van der Waals surface area contributed by atoms with E-state index in [-0.39, 0.29) is 6.17 Å². The fourth-order valence-electron chi connectivity index (χ4n) is 4.20. The molecule has 1 aromatic carbocycles. The molecular formula is C24H42N4. The van der Waals surface area contributed by atoms with Crippen LogP contribution in [0.25, 0.3) is 11.0 Å². The average Bonchev–Trinajstić information content (AvgIpc) is 3.16. The Labute approximate surface area is 172 Å². The first-order valence-corrected chi connectivity index (χ1v) is 11.7. The Balaban J connectivity index is 2.22. The zero-order valence-corrected chi connectivity index (χ0v) is 18.9. The predicted molar refractivity (Wildman–Crippen MR) is 120 cm³/mol. The second-order valence-corrected chi connectivity index (χ2v) is 8.44. The summed E-state index contributed by atoms with van der Waals surface area (Å²) in [4.78, 5) is 2.69. The van der Waals surface area contributed by atoms with Gasteiger partial charge in [0.2, 0.25) is 0 Å². The molecule has 0 aliphatic carbocycles. The van der Waals surface area contributed by atoms with Crippen LogP contribution in [-0.2, 0) is 0 Å². The van der Waals surface area contributed by atoms with E-state index in [9.17, 15) is 0 Å². The Bertz CT molecular complexity index is 647. The van der Waals surface area contributed by atoms with E-state index in [2.05, 4.69) is 72.7 Å². The summed E-state index contributed by atoms with van der Waals surface area (Å²) in [6, 6.07) is 8.33. The normalized spacial score (nSPS) is 15.2. The van der Waals surface area contributed by atoms with Gasteiger partial charge < -0.3 is 0 Å². The minimum Gasteiger partial charge on any atom is -0.281 e. The van der Waals surface area contributed by atoms with Crippen LogP contribution in [0, 0.1) is 11.8 Å². The molecule has 0 N–H and O–H groups in total. The molecule has 3 unspecified atom stereocenters. The van der Waals surface area contributed by atoms with Gasteiger partial charge in [0.1, 0.15) is 11.7 Å². The zero-order chi connectivity index (χ0) is 20.4. The highest BCUT2D eigenvalue weighted by molar-refractivity contribution is 5.73. The summed E-state index contributed by atoms with van der Waals surface area (Å²) < 4.78 is 2.13. The van der Waals surface area contributed by atoms with Gasteiger partial charge in [-0.15, -0.1) is 5.10 Å². The van der Waals surface area contributed by atoms with Gasteiger partial charge in [0.05, 0.1) is 5.52 Å². The molecule has 0 saturated carbocycles. The van der Waals surface area contributed by atoms with E-state index in [1.165, 1.54) is 51.4 Å². The van der Waals surface area contributed by atoms with Crippen LogP contribution in [0.15, 0.2) is 24.3 Å². The molecule has 0 bridgehead atoms. The molecule has 1 heterocycles. The Hall–Kier alpha value is -1.42. The molecule has 0 spiro atoms. The first-order valence-electron chi connectivity index (χ1n) is 11.7. The number of aromatic nitrogens is 3. The van der Waals surface area contributed by atoms with Gasteiger partial charge in [0.15, 0.2) is 0 Å². The maximum atomic E-state index is 4.53. The highest BCUT2D eigenvalue weighted by Crippen LogP contribution is 2.25. The number of unbranched alkanes of at least 4 members (excludes halogenated alkanes) is 2. The van der Waals surface area contributed by atoms with E-state index in [1.807, 2.05) is 6.07 Å². The number of hydrogen-bond acceptors (Lipinski definition) is 3. The van der Waals surface area contributed by atoms with Crippen LogP contribution in [0.4, 0.5) is 0 Å². The third-order valence-electron chi connectivity index (χ3n) is 6.33. The largest absolute Gasteiger partial charge is 0.281 e. The van der Waals surface area contributed by atoms with Crippen LogP contribution in [-0.4, -0.2) is 33.0 Å². The number of para-hydroxylation sites is 1. The van der Waals surface area contributed by atoms with Gasteiger partial charge in [0.25, 0.3) is 0 Å². The average molecular weight is 387 g/mol. The number of hydrogen-bond donors (Lipinski definition) is 0. The zero-order valence-electron chi connectivity index (χ0n) is 18.9. The fraction of sp³-hybridized carbons (Fsp3) is 0.750. The smallest absolute Gasteiger partial charge is 0.113 e. The summed E-state index contributed by atoms with van der Waals surface area (Å²) >= 11 is 0. The molecule has 0 aliphatic heterocycles. The summed E-state index contributed by atoms with van der Waals surface area (Å²) in [5.41, 5.74) is 2.13. The molecule has 2 aromatic rings. The summed E-state index contributed by atoms with van der Waals surface area (Å²) in [5.74, 6) is 1.53. The summed E-state index contributed by atoms with van der Waals surface area (Å²) in [6.45, 7) is 13.9. The Morgan fingerprint density at radius 2 is 1.46 bits per heavy atom. The van der Waals surface area contributed by atoms with Gasteiger partial charge in [-0.1, -0.05) is 83.6 Å². The van der Waals surface area contributed by atoms with Gasteiger partial charge in [0, 0.05) is 13.1 Å². The van der Waals surface area contributed by atoms with Crippen molar-refractivity contribution in [1.29, 1.82) is 0 Å². The summed E-state index contributed by atoms with van der Waals surface area (Å²) in [7, 11) is 0. The quantitative estimate of drug-likeness (QED) is 0.363. The molecule has 0 saturated heterocycles. The Morgan fingerprint density at radius 3 is 2.00 bits per heavy atom. The Morgan fingerprint density at radius 1 is 0.893 bits per heavy atom. The molecule has 4 nitrogen and oxygen atoms in total. The molecule has 0 aliphatic rings. The van der Waals surface area contributed by atoms with Gasteiger partial charge in [-0.3, -0.25) is 4.90 Å². The first kappa shape index (κ1) is 22.9. The van der Waals surface area contributed by atoms with E-state index in [1.54, 1.807) is 0 Å². The van der Waals surface area contributed by atoms with Crippen LogP contribution in [0.5, 0.6) is 0 Å². The van der Waals surface area contributed by atoms with Crippen molar-refractivity contribution in [1.82, 2.24) is 19.9 Å². The molecule has 0 amide bonds. The number of benzene rings is 1. The van der Waals surface area contributed by atoms with Crippen molar-refractivity contribution in [3.63, 3.8) is 0 Å². The predicted octanol–water partition coefficient (Wildman–Crippen LogP) is 6.68. The van der Waals surface area contributed by atoms with E-state index in [4.69, 9.17) is 0 Å². The third kappa shape index (κ3) is 6.30. The van der Waals surface area contributed by atoms with Crippen molar-refractivity contribution in [3.8, 4) is 0 Å². The van der Waals surface area contributed by atoms with E-state index < -0.39 is 0 Å². The lowest BCUT2D eigenvalue weighted by Crippen LogP contribution is -2.39. The lowest BCUT2D eigenvalue weighted by atomic mass is 9.95. The number of fused-ring (bicyclic) bond motifs is 1. The maximum absolute atomic E-state index is 4.53. The van der Waals surface area contributed by atoms with Crippen molar-refractivity contribution in [2.24, 2.45) is 11.8 Å². The van der Waals surface area contributed by atoms with Crippen molar-refractivity contribution >= 4 is 11.0 Å². The van der Waals surface area contributed by atoms with Crippen molar-refractivity contribution in [3.05, 3.63) is 24.3 Å². The minimum atomic E-state index is 0.235. The Kier molecular flexibility index (Phi) is 9.97. The van der Waals surface area contributed by atoms with Crippen molar-refractivity contribution in [2.75, 3.05) is 13.1 Å². The molecule has 3 atom stereocenters. The third-order valence-corrected chi connectivity index (χ3v) is 6.33. The monoisotopic (exact) mass is 386 g/mol. The minimum absolute atomic E-state index is 0.235. The molecule has 2 rings (SSSR count). The number of nitrogens with zero attached hydrogens (tertiary/aromatic N) is 4.